The quantitative estimate of drug-likeness (QED) is 0.384. The van der Waals surface area contributed by atoms with Crippen LogP contribution in [0.15, 0.2) is 0 Å². The molecule has 11 heavy (non-hydrogen) atoms. The van der Waals surface area contributed by atoms with Crippen molar-refractivity contribution < 1.29 is 9.53 Å². The molecular weight excluding hydrogens is 144 g/mol. The van der Waals surface area contributed by atoms with Gasteiger partial charge in [0.05, 0.1) is 13.2 Å². The fourth-order valence-electron chi connectivity index (χ4n) is 0.466. The van der Waals surface area contributed by atoms with Crippen molar-refractivity contribution in [3.63, 3.8) is 0 Å². The third-order valence-corrected chi connectivity index (χ3v) is 0.939. The van der Waals surface area contributed by atoms with Gasteiger partial charge in [-0.2, -0.15) is 0 Å². The maximum Gasteiger partial charge on any atom is 0.233 e. The highest BCUT2D eigenvalue weighted by Gasteiger charge is 1.93. The lowest BCUT2D eigenvalue weighted by molar-refractivity contribution is -0.119. The first-order valence-electron chi connectivity index (χ1n) is 3.29. The molecule has 4 nitrogen and oxygen atoms in total. The van der Waals surface area contributed by atoms with Crippen LogP contribution >= 0.6 is 0 Å². The molecule has 0 aromatic carbocycles. The summed E-state index contributed by atoms with van der Waals surface area (Å²) in [5.74, 6) is 2.12. The van der Waals surface area contributed by atoms with Gasteiger partial charge in [-0.05, 0) is 0 Å². The molecular formula is C7H12N2O2. The Morgan fingerprint density at radius 2 is 2.45 bits per heavy atom. The second-order valence-electron chi connectivity index (χ2n) is 1.81. The molecule has 0 saturated heterocycles. The number of rotatable bonds is 5. The average molecular weight is 156 g/mol. The summed E-state index contributed by atoms with van der Waals surface area (Å²) in [7, 11) is 0. The van der Waals surface area contributed by atoms with Crippen LogP contribution in [0.3, 0.4) is 0 Å². The molecule has 0 atom stereocenters. The highest BCUT2D eigenvalue weighted by molar-refractivity contribution is 5.77. The number of hydrogen-bond acceptors (Lipinski definition) is 3. The Morgan fingerprint density at radius 3 is 3.00 bits per heavy atom. The monoisotopic (exact) mass is 156 g/mol. The Labute approximate surface area is 66.1 Å². The van der Waals surface area contributed by atoms with Crippen molar-refractivity contribution in [2.24, 2.45) is 5.73 Å². The van der Waals surface area contributed by atoms with Crippen molar-refractivity contribution in [3.05, 3.63) is 0 Å². The molecule has 0 rings (SSSR count). The molecule has 0 fully saturated rings. The van der Waals surface area contributed by atoms with E-state index in [4.69, 9.17) is 16.9 Å². The molecule has 0 radical (unpaired) electrons. The molecule has 3 N–H and O–H groups in total. The minimum absolute atomic E-state index is 0.00907. The van der Waals surface area contributed by atoms with Gasteiger partial charge in [0, 0.05) is 6.54 Å². The first-order chi connectivity index (χ1) is 5.31. The van der Waals surface area contributed by atoms with Crippen molar-refractivity contribution >= 4 is 5.91 Å². The molecule has 0 unspecified atom stereocenters. The molecule has 0 bridgehead atoms. The molecule has 0 saturated carbocycles. The second kappa shape index (κ2) is 7.06. The molecule has 0 aromatic rings. The number of nitrogens with two attached hydrogens (primary N) is 1. The third kappa shape index (κ3) is 6.84. The largest absolute Gasteiger partial charge is 0.367 e. The van der Waals surface area contributed by atoms with Gasteiger partial charge < -0.3 is 15.8 Å². The molecule has 0 spiro atoms. The van der Waals surface area contributed by atoms with Gasteiger partial charge in [0.15, 0.2) is 0 Å². The topological polar surface area (TPSA) is 64.3 Å². The molecule has 0 aliphatic rings. The maximum absolute atomic E-state index is 10.5. The van der Waals surface area contributed by atoms with E-state index >= 15 is 0 Å². The Balaban J connectivity index is 3.03. The summed E-state index contributed by atoms with van der Waals surface area (Å²) in [5, 5.41) is 2.53. The molecule has 0 heterocycles. The zero-order chi connectivity index (χ0) is 8.53. The number of ether oxygens (including phenoxy) is 1. The smallest absolute Gasteiger partial charge is 0.233 e. The van der Waals surface area contributed by atoms with Crippen molar-refractivity contribution in [2.45, 2.75) is 0 Å². The average Bonchev–Trinajstić information content (AvgIpc) is 2.04. The van der Waals surface area contributed by atoms with E-state index < -0.39 is 0 Å². The highest BCUT2D eigenvalue weighted by atomic mass is 16.5. The van der Waals surface area contributed by atoms with Crippen LogP contribution in [0.25, 0.3) is 0 Å². The number of terminal acetylenes is 1. The van der Waals surface area contributed by atoms with E-state index in [1.807, 2.05) is 0 Å². The van der Waals surface area contributed by atoms with Crippen LogP contribution < -0.4 is 11.1 Å². The van der Waals surface area contributed by atoms with E-state index in [1.54, 1.807) is 0 Å². The van der Waals surface area contributed by atoms with E-state index in [1.165, 1.54) is 0 Å². The number of amides is 1. The molecule has 0 aliphatic carbocycles. The van der Waals surface area contributed by atoms with E-state index in [2.05, 4.69) is 11.2 Å². The van der Waals surface area contributed by atoms with Crippen molar-refractivity contribution in [1.82, 2.24) is 5.32 Å². The standard InChI is InChI=1S/C7H12N2O2/c1-2-4-11-5-3-9-7(10)6-8/h1H,3-6,8H2,(H,9,10). The van der Waals surface area contributed by atoms with Crippen LogP contribution in [0, 0.1) is 12.3 Å². The lowest BCUT2D eigenvalue weighted by Gasteiger charge is -2.01. The normalized spacial score (nSPS) is 8.73. The fourth-order valence-corrected chi connectivity index (χ4v) is 0.466. The minimum atomic E-state index is -0.186. The van der Waals surface area contributed by atoms with Gasteiger partial charge in [-0.15, -0.1) is 6.42 Å². The number of carbonyl (C=O) groups excluding carboxylic acids is 1. The van der Waals surface area contributed by atoms with E-state index in [0.29, 0.717) is 13.2 Å². The van der Waals surface area contributed by atoms with Gasteiger partial charge in [0.1, 0.15) is 6.61 Å². The molecule has 1 amide bonds. The van der Waals surface area contributed by atoms with E-state index in [9.17, 15) is 4.79 Å². The molecule has 0 aliphatic heterocycles. The van der Waals surface area contributed by atoms with Crippen LogP contribution in [0.4, 0.5) is 0 Å². The summed E-state index contributed by atoms with van der Waals surface area (Å²) < 4.78 is 4.89. The summed E-state index contributed by atoms with van der Waals surface area (Å²) in [5.41, 5.74) is 5.03. The van der Waals surface area contributed by atoms with Gasteiger partial charge in [-0.25, -0.2) is 0 Å². The summed E-state index contributed by atoms with van der Waals surface area (Å²) in [4.78, 5) is 10.5. The van der Waals surface area contributed by atoms with Crippen molar-refractivity contribution in [2.75, 3.05) is 26.3 Å². The molecule has 4 heteroatoms. The second-order valence-corrected chi connectivity index (χ2v) is 1.81. The van der Waals surface area contributed by atoms with Crippen LogP contribution in [0.2, 0.25) is 0 Å². The number of carbonyl (C=O) groups is 1. The summed E-state index contributed by atoms with van der Waals surface area (Å²) in [6.07, 6.45) is 4.91. The Hall–Kier alpha value is -1.05. The van der Waals surface area contributed by atoms with Gasteiger partial charge in [-0.3, -0.25) is 4.79 Å². The first kappa shape index (κ1) is 9.95. The van der Waals surface area contributed by atoms with E-state index in [-0.39, 0.29) is 19.1 Å². The SMILES string of the molecule is C#CCOCCNC(=O)CN. The van der Waals surface area contributed by atoms with Gasteiger partial charge in [0.25, 0.3) is 0 Å². The first-order valence-corrected chi connectivity index (χ1v) is 3.29. The highest BCUT2D eigenvalue weighted by Crippen LogP contribution is 1.70. The zero-order valence-corrected chi connectivity index (χ0v) is 6.30. The van der Waals surface area contributed by atoms with Crippen LogP contribution in [-0.2, 0) is 9.53 Å². The van der Waals surface area contributed by atoms with Crippen molar-refractivity contribution in [3.8, 4) is 12.3 Å². The van der Waals surface area contributed by atoms with Gasteiger partial charge >= 0.3 is 0 Å². The number of hydrogen-bond donors (Lipinski definition) is 2. The summed E-state index contributed by atoms with van der Waals surface area (Å²) in [6, 6.07) is 0. The minimum Gasteiger partial charge on any atom is -0.367 e. The predicted molar refractivity (Wildman–Crippen MR) is 41.7 cm³/mol. The lowest BCUT2D eigenvalue weighted by Crippen LogP contribution is -2.32. The summed E-state index contributed by atoms with van der Waals surface area (Å²) >= 11 is 0. The molecule has 0 aromatic heterocycles. The van der Waals surface area contributed by atoms with Crippen LogP contribution in [0.1, 0.15) is 0 Å². The Bertz CT molecular complexity index is 151. The molecule has 62 valence electrons. The fraction of sp³-hybridized carbons (Fsp3) is 0.571. The predicted octanol–water partition coefficient (Wildman–Crippen LogP) is -1.29. The Kier molecular flexibility index (Phi) is 6.39. The summed E-state index contributed by atoms with van der Waals surface area (Å²) in [6.45, 7) is 1.17. The Morgan fingerprint density at radius 1 is 1.73 bits per heavy atom. The van der Waals surface area contributed by atoms with Crippen molar-refractivity contribution in [1.29, 1.82) is 0 Å². The lowest BCUT2D eigenvalue weighted by atomic mass is 10.5. The maximum atomic E-state index is 10.5. The zero-order valence-electron chi connectivity index (χ0n) is 6.30. The third-order valence-electron chi connectivity index (χ3n) is 0.939. The van der Waals surface area contributed by atoms with E-state index in [0.717, 1.165) is 0 Å². The van der Waals surface area contributed by atoms with Crippen LogP contribution in [-0.4, -0.2) is 32.2 Å². The van der Waals surface area contributed by atoms with Crippen LogP contribution in [0.5, 0.6) is 0 Å². The van der Waals surface area contributed by atoms with Gasteiger partial charge in [-0.1, -0.05) is 5.92 Å². The number of nitrogens with one attached hydrogen (secondary N) is 1. The van der Waals surface area contributed by atoms with Gasteiger partial charge in [0.2, 0.25) is 5.91 Å².